The van der Waals surface area contributed by atoms with Gasteiger partial charge in [0, 0.05) is 34.4 Å². The molecule has 1 aliphatic heterocycles. The highest BCUT2D eigenvalue weighted by atomic mass is 79.9. The normalized spacial score (nSPS) is 23.1. The van der Waals surface area contributed by atoms with Crippen LogP contribution in [0.25, 0.3) is 0 Å². The Morgan fingerprint density at radius 2 is 2.47 bits per heavy atom. The number of halogens is 1. The first-order chi connectivity index (χ1) is 8.24. The fraction of sp³-hybridized carbons (Fsp3) is 0.667. The summed E-state index contributed by atoms with van der Waals surface area (Å²) in [5.41, 5.74) is 5.91. The molecule has 1 aromatic heterocycles. The molecule has 2 unspecified atom stereocenters. The minimum absolute atomic E-state index is 0.302. The van der Waals surface area contributed by atoms with Gasteiger partial charge in [0.25, 0.3) is 0 Å². The van der Waals surface area contributed by atoms with Crippen molar-refractivity contribution < 1.29 is 5.11 Å². The molecule has 2 heterocycles. The van der Waals surface area contributed by atoms with Gasteiger partial charge in [-0.1, -0.05) is 0 Å². The van der Waals surface area contributed by atoms with Gasteiger partial charge in [-0.05, 0) is 47.3 Å². The van der Waals surface area contributed by atoms with Crippen molar-refractivity contribution >= 4 is 27.3 Å². The summed E-state index contributed by atoms with van der Waals surface area (Å²) < 4.78 is 1.14. The number of hydrogen-bond acceptors (Lipinski definition) is 4. The number of thiophene rings is 1. The first-order valence-corrected chi connectivity index (χ1v) is 7.70. The van der Waals surface area contributed by atoms with Gasteiger partial charge in [-0.15, -0.1) is 11.3 Å². The third-order valence-corrected chi connectivity index (χ3v) is 5.23. The molecule has 1 aromatic rings. The van der Waals surface area contributed by atoms with Crippen molar-refractivity contribution in [1.29, 1.82) is 0 Å². The van der Waals surface area contributed by atoms with Gasteiger partial charge in [-0.3, -0.25) is 4.90 Å². The number of hydrogen-bond donors (Lipinski definition) is 2. The number of nitrogens with zero attached hydrogens (tertiary/aromatic N) is 1. The zero-order valence-electron chi connectivity index (χ0n) is 9.81. The molecule has 0 spiro atoms. The van der Waals surface area contributed by atoms with E-state index in [2.05, 4.69) is 32.3 Å². The zero-order chi connectivity index (χ0) is 12.3. The summed E-state index contributed by atoms with van der Waals surface area (Å²) in [5, 5.41) is 11.1. The molecule has 96 valence electrons. The molecule has 0 bridgehead atoms. The maximum Gasteiger partial charge on any atom is 0.0564 e. The Hall–Kier alpha value is 0.0600. The zero-order valence-corrected chi connectivity index (χ0v) is 12.2. The monoisotopic (exact) mass is 318 g/mol. The van der Waals surface area contributed by atoms with Gasteiger partial charge in [0.1, 0.15) is 0 Å². The topological polar surface area (TPSA) is 49.5 Å². The predicted molar refractivity (Wildman–Crippen MR) is 75.2 cm³/mol. The van der Waals surface area contributed by atoms with Crippen LogP contribution < -0.4 is 5.73 Å². The third-order valence-electron chi connectivity index (χ3n) is 3.43. The van der Waals surface area contributed by atoms with Crippen LogP contribution in [0.5, 0.6) is 0 Å². The van der Waals surface area contributed by atoms with E-state index in [4.69, 9.17) is 10.8 Å². The largest absolute Gasteiger partial charge is 0.396 e. The van der Waals surface area contributed by atoms with Crippen LogP contribution in [-0.4, -0.2) is 36.2 Å². The molecule has 0 radical (unpaired) electrons. The van der Waals surface area contributed by atoms with Crippen LogP contribution >= 0.6 is 27.3 Å². The minimum Gasteiger partial charge on any atom is -0.396 e. The van der Waals surface area contributed by atoms with Crippen molar-refractivity contribution in [3.8, 4) is 0 Å². The molecule has 0 amide bonds. The van der Waals surface area contributed by atoms with Crippen LogP contribution in [0, 0.1) is 5.92 Å². The molecule has 1 fully saturated rings. The molecule has 0 aromatic carbocycles. The first kappa shape index (κ1) is 13.5. The lowest BCUT2D eigenvalue weighted by atomic mass is 10.1. The summed E-state index contributed by atoms with van der Waals surface area (Å²) in [5.74, 6) is 0.637. The number of aliphatic hydroxyl groups is 1. The molecule has 3 nitrogen and oxygen atoms in total. The van der Waals surface area contributed by atoms with Gasteiger partial charge in [-0.2, -0.15) is 0 Å². The van der Waals surface area contributed by atoms with Crippen molar-refractivity contribution in [3.05, 3.63) is 20.8 Å². The number of likely N-dealkylation sites (tertiary alicyclic amines) is 1. The number of aliphatic hydroxyl groups excluding tert-OH is 1. The summed E-state index contributed by atoms with van der Waals surface area (Å²) >= 11 is 5.26. The van der Waals surface area contributed by atoms with Crippen molar-refractivity contribution in [2.24, 2.45) is 11.7 Å². The fourth-order valence-electron chi connectivity index (χ4n) is 2.51. The van der Waals surface area contributed by atoms with Gasteiger partial charge < -0.3 is 10.8 Å². The third kappa shape index (κ3) is 3.29. The Morgan fingerprint density at radius 3 is 3.06 bits per heavy atom. The molecule has 0 aliphatic carbocycles. The van der Waals surface area contributed by atoms with Crippen molar-refractivity contribution in [3.63, 3.8) is 0 Å². The Balaban J connectivity index is 2.00. The van der Waals surface area contributed by atoms with Crippen LogP contribution in [0.15, 0.2) is 15.9 Å². The van der Waals surface area contributed by atoms with Gasteiger partial charge in [0.2, 0.25) is 0 Å². The van der Waals surface area contributed by atoms with Crippen molar-refractivity contribution in [2.75, 3.05) is 26.2 Å². The minimum atomic E-state index is 0.302. The predicted octanol–water partition coefficient (Wildman–Crippen LogP) is 2.21. The second kappa shape index (κ2) is 6.29. The van der Waals surface area contributed by atoms with Crippen LogP contribution in [0.1, 0.15) is 23.8 Å². The molecule has 2 atom stereocenters. The summed E-state index contributed by atoms with van der Waals surface area (Å²) in [7, 11) is 0. The molecule has 2 rings (SSSR count). The Morgan fingerprint density at radius 1 is 1.65 bits per heavy atom. The SMILES string of the molecule is NCC(c1cc(Br)cs1)N1CCC(CCO)C1. The van der Waals surface area contributed by atoms with E-state index in [1.165, 1.54) is 11.3 Å². The molecule has 1 aliphatic rings. The molecule has 1 saturated heterocycles. The standard InChI is InChI=1S/C12H19BrN2OS/c13-10-5-12(17-8-10)11(6-14)15-3-1-9(7-15)2-4-16/h5,8-9,11,16H,1-4,6-7,14H2. The average Bonchev–Trinajstić information content (AvgIpc) is 2.91. The van der Waals surface area contributed by atoms with Crippen LogP contribution in [0.3, 0.4) is 0 Å². The van der Waals surface area contributed by atoms with E-state index in [1.54, 1.807) is 11.3 Å². The molecule has 5 heteroatoms. The Kier molecular flexibility index (Phi) is 4.99. The van der Waals surface area contributed by atoms with E-state index in [1.807, 2.05) is 0 Å². The number of rotatable bonds is 5. The van der Waals surface area contributed by atoms with E-state index in [0.717, 1.165) is 24.0 Å². The molecule has 0 saturated carbocycles. The second-order valence-electron chi connectivity index (χ2n) is 4.58. The lowest BCUT2D eigenvalue weighted by molar-refractivity contribution is 0.224. The molecular weight excluding hydrogens is 300 g/mol. The first-order valence-electron chi connectivity index (χ1n) is 6.03. The van der Waals surface area contributed by atoms with Gasteiger partial charge in [0.15, 0.2) is 0 Å². The summed E-state index contributed by atoms with van der Waals surface area (Å²) in [4.78, 5) is 3.79. The summed E-state index contributed by atoms with van der Waals surface area (Å²) in [6.45, 7) is 3.13. The summed E-state index contributed by atoms with van der Waals surface area (Å²) in [6.07, 6.45) is 2.10. The van der Waals surface area contributed by atoms with Crippen LogP contribution in [-0.2, 0) is 0 Å². The Labute approximate surface area is 115 Å². The van der Waals surface area contributed by atoms with E-state index in [9.17, 15) is 0 Å². The molecule has 3 N–H and O–H groups in total. The van der Waals surface area contributed by atoms with E-state index in [-0.39, 0.29) is 0 Å². The van der Waals surface area contributed by atoms with E-state index < -0.39 is 0 Å². The van der Waals surface area contributed by atoms with Crippen LogP contribution in [0.2, 0.25) is 0 Å². The highest BCUT2D eigenvalue weighted by molar-refractivity contribution is 9.10. The molecular formula is C12H19BrN2OS. The van der Waals surface area contributed by atoms with Gasteiger partial charge >= 0.3 is 0 Å². The summed E-state index contributed by atoms with van der Waals surface area (Å²) in [6, 6.07) is 2.51. The maximum absolute atomic E-state index is 8.98. The second-order valence-corrected chi connectivity index (χ2v) is 6.44. The van der Waals surface area contributed by atoms with Crippen molar-refractivity contribution in [2.45, 2.75) is 18.9 Å². The lowest BCUT2D eigenvalue weighted by Gasteiger charge is -2.25. The van der Waals surface area contributed by atoms with Crippen LogP contribution in [0.4, 0.5) is 0 Å². The quantitative estimate of drug-likeness (QED) is 0.875. The number of nitrogens with two attached hydrogens (primary N) is 1. The molecule has 17 heavy (non-hydrogen) atoms. The van der Waals surface area contributed by atoms with E-state index >= 15 is 0 Å². The fourth-order valence-corrected chi connectivity index (χ4v) is 4.10. The average molecular weight is 319 g/mol. The highest BCUT2D eigenvalue weighted by Gasteiger charge is 2.28. The smallest absolute Gasteiger partial charge is 0.0564 e. The lowest BCUT2D eigenvalue weighted by Crippen LogP contribution is -2.31. The maximum atomic E-state index is 8.98. The van der Waals surface area contributed by atoms with Crippen molar-refractivity contribution in [1.82, 2.24) is 4.90 Å². The Bertz CT molecular complexity index is 358. The van der Waals surface area contributed by atoms with Gasteiger partial charge in [-0.25, -0.2) is 0 Å². The van der Waals surface area contributed by atoms with Gasteiger partial charge in [0.05, 0.1) is 6.04 Å². The highest BCUT2D eigenvalue weighted by Crippen LogP contribution is 2.32. The van der Waals surface area contributed by atoms with E-state index in [0.29, 0.717) is 25.1 Å².